The second-order valence-corrected chi connectivity index (χ2v) is 5.72. The van der Waals surface area contributed by atoms with Gasteiger partial charge in [0.2, 0.25) is 0 Å². The molecule has 1 aliphatic carbocycles. The fraction of sp³-hybridized carbons (Fsp3) is 0.571. The van der Waals surface area contributed by atoms with Gasteiger partial charge in [0.25, 0.3) is 0 Å². The van der Waals surface area contributed by atoms with E-state index in [0.717, 1.165) is 12.2 Å². The highest BCUT2D eigenvalue weighted by Crippen LogP contribution is 2.51. The van der Waals surface area contributed by atoms with E-state index in [9.17, 15) is 62.3 Å². The molecule has 4 nitrogen and oxygen atoms in total. The Labute approximate surface area is 158 Å². The summed E-state index contributed by atoms with van der Waals surface area (Å²) < 4.78 is 141. The monoisotopic (exact) mass is 470 g/mol. The highest BCUT2D eigenvalue weighted by Gasteiger charge is 2.67. The number of aliphatic carboxylic acids is 2. The Hall–Kier alpha value is -2.42. The molecule has 2 N–H and O–H groups in total. The molecule has 0 aliphatic heterocycles. The first-order valence-corrected chi connectivity index (χ1v) is 7.15. The first kappa shape index (κ1) is 27.6. The van der Waals surface area contributed by atoms with Gasteiger partial charge in [-0.15, -0.1) is 0 Å². The second-order valence-electron chi connectivity index (χ2n) is 5.72. The Morgan fingerprint density at radius 1 is 0.767 bits per heavy atom. The smallest absolute Gasteiger partial charge is 0.401 e. The lowest BCUT2D eigenvalue weighted by molar-refractivity contribution is -0.300. The minimum absolute atomic E-state index is 0.299. The van der Waals surface area contributed by atoms with Crippen LogP contribution in [-0.4, -0.2) is 46.9 Å². The van der Waals surface area contributed by atoms with Gasteiger partial charge < -0.3 is 10.2 Å². The number of allylic oxidation sites excluding steroid dienone is 3. The molecule has 0 amide bonds. The van der Waals surface area contributed by atoms with Crippen molar-refractivity contribution < 1.29 is 72.5 Å². The number of rotatable bonds is 3. The van der Waals surface area contributed by atoms with Crippen LogP contribution in [0.2, 0.25) is 0 Å². The zero-order chi connectivity index (χ0) is 24.3. The van der Waals surface area contributed by atoms with Crippen molar-refractivity contribution in [1.82, 2.24) is 0 Å². The molecule has 0 bridgehead atoms. The van der Waals surface area contributed by atoms with Crippen LogP contribution in [0, 0.1) is 17.3 Å². The van der Waals surface area contributed by atoms with Gasteiger partial charge in [0.1, 0.15) is 6.42 Å². The maximum absolute atomic E-state index is 12.7. The van der Waals surface area contributed by atoms with Crippen LogP contribution in [0.1, 0.15) is 6.42 Å². The quantitative estimate of drug-likeness (QED) is 0.444. The van der Waals surface area contributed by atoms with Crippen LogP contribution in [-0.2, 0) is 9.59 Å². The Morgan fingerprint density at radius 2 is 1.13 bits per heavy atom. The molecule has 0 fully saturated rings. The summed E-state index contributed by atoms with van der Waals surface area (Å²) in [5, 5.41) is 17.8. The van der Waals surface area contributed by atoms with Gasteiger partial charge >= 0.3 is 36.6 Å². The van der Waals surface area contributed by atoms with Crippen molar-refractivity contribution in [3.05, 3.63) is 24.3 Å². The van der Waals surface area contributed by atoms with E-state index in [1.165, 1.54) is 0 Å². The van der Waals surface area contributed by atoms with Crippen molar-refractivity contribution in [2.24, 2.45) is 17.3 Å². The van der Waals surface area contributed by atoms with Crippen LogP contribution < -0.4 is 0 Å². The molecule has 1 aliphatic rings. The van der Waals surface area contributed by atoms with E-state index >= 15 is 0 Å². The highest BCUT2D eigenvalue weighted by molar-refractivity contribution is 6.01. The summed E-state index contributed by atoms with van der Waals surface area (Å²) in [5.41, 5.74) is -3.34. The number of hydrogen-bond donors (Lipinski definition) is 2. The van der Waals surface area contributed by atoms with Gasteiger partial charge in [-0.05, 0) is 0 Å². The SMILES string of the molecule is FC(F)(F)CC(F)(F)F.O=C(O)C1(C(=O)O)C=CC=CC1C(C(F)(F)F)C(F)(F)F. The molecule has 1 rings (SSSR count). The molecular weight excluding hydrogens is 460 g/mol. The largest absolute Gasteiger partial charge is 0.480 e. The van der Waals surface area contributed by atoms with E-state index in [0.29, 0.717) is 12.2 Å². The molecule has 0 aromatic heterocycles. The molecule has 0 radical (unpaired) electrons. The van der Waals surface area contributed by atoms with Gasteiger partial charge in [-0.2, -0.15) is 52.7 Å². The molecule has 30 heavy (non-hydrogen) atoms. The number of carboxylic acids is 2. The first-order valence-electron chi connectivity index (χ1n) is 7.15. The van der Waals surface area contributed by atoms with Gasteiger partial charge in [-0.1, -0.05) is 24.3 Å². The molecule has 1 unspecified atom stereocenters. The lowest BCUT2D eigenvalue weighted by Gasteiger charge is -2.37. The van der Waals surface area contributed by atoms with E-state index in [1.807, 2.05) is 0 Å². The van der Waals surface area contributed by atoms with Crippen LogP contribution in [0.25, 0.3) is 0 Å². The van der Waals surface area contributed by atoms with Crippen LogP contribution >= 0.6 is 0 Å². The summed E-state index contributed by atoms with van der Waals surface area (Å²) in [7, 11) is 0. The summed E-state index contributed by atoms with van der Waals surface area (Å²) in [6, 6.07) is 0. The maximum atomic E-state index is 12.7. The normalized spacial score (nSPS) is 19.3. The first-order chi connectivity index (χ1) is 13.1. The summed E-state index contributed by atoms with van der Waals surface area (Å²) >= 11 is 0. The standard InChI is InChI=1S/C11H8F6O4.C3H2F6/c12-10(13,14)6(11(15,16)17)5-3-1-2-4-9(5,7(18)19)8(20)21;4-2(5,6)1-3(7,8)9/h1-6H,(H,18,19)(H,20,21);1H2. The number of carboxylic acid groups (broad SMARTS) is 2. The third-order valence-corrected chi connectivity index (χ3v) is 3.49. The third-order valence-electron chi connectivity index (χ3n) is 3.49. The van der Waals surface area contributed by atoms with E-state index in [4.69, 9.17) is 10.2 Å². The van der Waals surface area contributed by atoms with Crippen LogP contribution in [0.15, 0.2) is 24.3 Å². The van der Waals surface area contributed by atoms with Crippen LogP contribution in [0.3, 0.4) is 0 Å². The summed E-state index contributed by atoms with van der Waals surface area (Å²) in [5.74, 6) is -11.6. The second kappa shape index (κ2) is 8.75. The molecule has 16 heteroatoms. The van der Waals surface area contributed by atoms with Crippen molar-refractivity contribution in [2.45, 2.75) is 31.1 Å². The van der Waals surface area contributed by atoms with Gasteiger partial charge in [0, 0.05) is 5.92 Å². The van der Waals surface area contributed by atoms with Crippen molar-refractivity contribution in [1.29, 1.82) is 0 Å². The van der Waals surface area contributed by atoms with Gasteiger partial charge in [0.05, 0.1) is 0 Å². The molecule has 0 heterocycles. The summed E-state index contributed by atoms with van der Waals surface area (Å²) in [6.45, 7) is 0. The zero-order valence-corrected chi connectivity index (χ0v) is 13.9. The van der Waals surface area contributed by atoms with E-state index in [-0.39, 0.29) is 0 Å². The van der Waals surface area contributed by atoms with Crippen molar-refractivity contribution in [2.75, 3.05) is 0 Å². The Balaban J connectivity index is 0.000000787. The minimum Gasteiger partial charge on any atom is -0.480 e. The van der Waals surface area contributed by atoms with Crippen molar-refractivity contribution >= 4 is 11.9 Å². The summed E-state index contributed by atoms with van der Waals surface area (Å²) in [6.07, 6.45) is -22.6. The topological polar surface area (TPSA) is 74.6 Å². The van der Waals surface area contributed by atoms with Gasteiger partial charge in [-0.25, -0.2) is 0 Å². The van der Waals surface area contributed by atoms with Crippen molar-refractivity contribution in [3.8, 4) is 0 Å². The lowest BCUT2D eigenvalue weighted by atomic mass is 9.66. The fourth-order valence-electron chi connectivity index (χ4n) is 2.37. The molecule has 174 valence electrons. The molecule has 0 aromatic rings. The predicted molar refractivity (Wildman–Crippen MR) is 71.8 cm³/mol. The van der Waals surface area contributed by atoms with E-state index < -0.39 is 60.3 Å². The Kier molecular flexibility index (Phi) is 8.05. The van der Waals surface area contributed by atoms with E-state index in [1.54, 1.807) is 0 Å². The molecular formula is C14H10F12O4. The number of hydrogen-bond acceptors (Lipinski definition) is 2. The highest BCUT2D eigenvalue weighted by atomic mass is 19.4. The third kappa shape index (κ3) is 7.44. The summed E-state index contributed by atoms with van der Waals surface area (Å²) in [4.78, 5) is 22.2. The Bertz CT molecular complexity index is 641. The van der Waals surface area contributed by atoms with Crippen LogP contribution in [0.4, 0.5) is 52.7 Å². The fourth-order valence-corrected chi connectivity index (χ4v) is 2.37. The minimum atomic E-state index is -5.85. The average molecular weight is 470 g/mol. The molecule has 0 saturated carbocycles. The predicted octanol–water partition coefficient (Wildman–Crippen LogP) is 5.13. The molecule has 0 aromatic carbocycles. The molecule has 0 spiro atoms. The van der Waals surface area contributed by atoms with Crippen molar-refractivity contribution in [3.63, 3.8) is 0 Å². The molecule has 0 saturated heterocycles. The van der Waals surface area contributed by atoms with E-state index in [2.05, 4.69) is 0 Å². The van der Waals surface area contributed by atoms with Crippen LogP contribution in [0.5, 0.6) is 0 Å². The lowest BCUT2D eigenvalue weighted by Crippen LogP contribution is -2.54. The number of halogens is 12. The molecule has 1 atom stereocenters. The van der Waals surface area contributed by atoms with Gasteiger partial charge in [0.15, 0.2) is 11.3 Å². The Morgan fingerprint density at radius 3 is 1.37 bits per heavy atom. The average Bonchev–Trinajstić information content (AvgIpc) is 2.40. The number of carbonyl (C=O) groups is 2. The maximum Gasteiger partial charge on any atom is 0.401 e. The van der Waals surface area contributed by atoms with Gasteiger partial charge in [-0.3, -0.25) is 9.59 Å². The zero-order valence-electron chi connectivity index (χ0n) is 13.9. The number of alkyl halides is 12.